The minimum absolute atomic E-state index is 0.536. The van der Waals surface area contributed by atoms with Crippen molar-refractivity contribution in [3.63, 3.8) is 0 Å². The zero-order valence-corrected chi connectivity index (χ0v) is 94.0. The Morgan fingerprint density at radius 1 is 0.210 bits per heavy atom. The molecule has 4 fully saturated rings. The van der Waals surface area contributed by atoms with Gasteiger partial charge in [0.1, 0.15) is 0 Å². The van der Waals surface area contributed by atoms with E-state index in [1.165, 1.54) is 12.8 Å². The Bertz CT molecular complexity index is 2350. The van der Waals surface area contributed by atoms with Crippen LogP contribution < -0.4 is 0 Å². The van der Waals surface area contributed by atoms with E-state index in [0.29, 0.717) is 23.7 Å². The average molecular weight is 1760 g/mol. The summed E-state index contributed by atoms with van der Waals surface area (Å²) in [5.74, 6) is 2.41. The first kappa shape index (κ1) is 104. The molecule has 0 aromatic rings. The van der Waals surface area contributed by atoms with Gasteiger partial charge in [0.05, 0.1) is 0 Å². The van der Waals surface area contributed by atoms with E-state index in [0.717, 1.165) is 49.0 Å². The third-order valence-corrected chi connectivity index (χ3v) is 98.6. The van der Waals surface area contributed by atoms with E-state index < -0.39 is 171 Å². The first-order valence-corrected chi connectivity index (χ1v) is 94.0. The second-order valence-electron chi connectivity index (χ2n) is 38.0. The number of hydrogen-bond acceptors (Lipinski definition) is 19. The van der Waals surface area contributed by atoms with Gasteiger partial charge in [-0.3, -0.25) is 0 Å². The highest BCUT2D eigenvalue weighted by Crippen LogP contribution is 2.40. The van der Waals surface area contributed by atoms with Gasteiger partial charge in [-0.15, -0.1) is 0 Å². The minimum Gasteiger partial charge on any atom is -0.456 e. The van der Waals surface area contributed by atoms with Crippen LogP contribution in [0.2, 0.25) is 272 Å². The van der Waals surface area contributed by atoms with Gasteiger partial charge in [0.15, 0.2) is 16.6 Å². The molecule has 0 amide bonds. The fourth-order valence-electron chi connectivity index (χ4n) is 15.3. The molecule has 0 aromatic carbocycles. The van der Waals surface area contributed by atoms with Gasteiger partial charge >= 0.3 is 154 Å². The Morgan fingerprint density at radius 2 is 0.330 bits per heavy atom. The van der Waals surface area contributed by atoms with Gasteiger partial charge in [-0.2, -0.15) is 0 Å². The molecule has 0 radical (unpaired) electrons. The summed E-state index contributed by atoms with van der Waals surface area (Å²) in [4.78, 5) is 0. The summed E-state index contributed by atoms with van der Waals surface area (Å²) < 4.78 is 123. The maximum atomic E-state index is 6.81. The molecule has 602 valence electrons. The number of rotatable bonds is 16. The lowest BCUT2D eigenvalue weighted by molar-refractivity contribution is 0.226. The summed E-state index contributed by atoms with van der Waals surface area (Å²) in [6.45, 7) is 102. The maximum absolute atomic E-state index is 6.81. The Hall–Kier alpha value is 3.58. The molecule has 4 aliphatic rings. The van der Waals surface area contributed by atoms with Crippen LogP contribution in [0.1, 0.15) is 101 Å². The van der Waals surface area contributed by atoms with Crippen LogP contribution in [0.3, 0.4) is 0 Å². The second-order valence-corrected chi connectivity index (χ2v) is 112. The minimum atomic E-state index is -2.51. The Balaban J connectivity index is 0.00000126. The average Bonchev–Trinajstić information content (AvgIpc) is 0.800. The van der Waals surface area contributed by atoms with Gasteiger partial charge in [0.25, 0.3) is 0 Å². The maximum Gasteiger partial charge on any atom is 0.317 e. The van der Waals surface area contributed by atoms with Crippen molar-refractivity contribution in [1.82, 2.24) is 0 Å². The first-order chi connectivity index (χ1) is 43.7. The van der Waals surface area contributed by atoms with Crippen molar-refractivity contribution in [2.45, 2.75) is 373 Å². The predicted octanol–water partition coefficient (Wildman–Crippen LogP) is 22.4. The lowest BCUT2D eigenvalue weighted by Gasteiger charge is -2.48. The summed E-state index contributed by atoms with van der Waals surface area (Å²) in [6.07, 6.45) is 5.84. The van der Waals surface area contributed by atoms with E-state index in [-0.39, 0.29) is 0 Å². The van der Waals surface area contributed by atoms with Crippen molar-refractivity contribution in [3.05, 3.63) is 0 Å². The summed E-state index contributed by atoms with van der Waals surface area (Å²) >= 11 is 0. The highest BCUT2D eigenvalue weighted by molar-refractivity contribution is 6.97. The van der Waals surface area contributed by atoms with Crippen LogP contribution in [0.15, 0.2) is 0 Å². The van der Waals surface area contributed by atoms with E-state index in [2.05, 4.69) is 311 Å². The zero-order valence-electron chi connectivity index (χ0n) is 74.0. The molecule has 19 nitrogen and oxygen atoms in total. The van der Waals surface area contributed by atoms with Gasteiger partial charge in [-0.05, 0) is 296 Å². The van der Waals surface area contributed by atoms with E-state index in [1.54, 1.807) is 0 Å². The predicted molar refractivity (Wildman–Crippen MR) is 469 cm³/mol. The van der Waals surface area contributed by atoms with E-state index in [9.17, 15) is 0 Å². The summed E-state index contributed by atoms with van der Waals surface area (Å²) in [5.41, 5.74) is 0.782. The highest BCUT2D eigenvalue weighted by atomic mass is 28.6. The molecule has 4 rings (SSSR count). The monoisotopic (exact) mass is 1760 g/mol. The fraction of sp³-hybridized carbons (Fsp3) is 1.00. The van der Waals surface area contributed by atoms with Crippen LogP contribution in [0.5, 0.6) is 0 Å². The highest BCUT2D eigenvalue weighted by Gasteiger charge is 2.58. The van der Waals surface area contributed by atoms with E-state index in [1.807, 2.05) is 0 Å². The standard InChI is InChI=1S/C16H44O6Si6.C14H38O5Si5.C12H32O4Si4.C10H26O3Si3.C9H24OSi2/c1-14-16(2)15-28(13)21-26(9,10)19-24(5,6)17-23(3,4)18-25(7,8)20-27(11,12)22-28;1-12-14(2)13-24(11)18-22(7,8)16-20(3,4)15-21(5,6)17-23(9,10)19-24;1-10-12(2)11-20(9)15-18(5,6)13-17(3,4)14-19(7,8)16-20;1-8-10(2)9-16(7)12-14(3,4)11-15(5,6)13-16;1-8-9(2)12(6,7)10-11(3,4)5/h16H,14-15H2,1-13H3;14H,12-13H2,1-11H3;12H,10-11H2,1-9H3;10H,8-9H2,1-7H3;9H,8H2,1-7H3. The SMILES string of the molecule is CCC(C)C[Si]1(C)O[Si](C)(C)O[Si](C)(C)O1.CCC(C)C[Si]1(C)O[Si](C)(C)O[Si](C)(C)O[Si](C)(C)O1.CCC(C)C[Si]1(C)O[Si](C)(C)O[Si](C)(C)O[Si](C)(C)O[Si](C)(C)O1.CCC(C)C[Si]1(C)O[Si](C)(C)O[Si](C)(C)O[Si](C)(C)O[Si](C)(C)O[Si](C)(C)O1.CCC(C)[Si](C)(C)O[Si](C)(C)C. The summed E-state index contributed by atoms with van der Waals surface area (Å²) in [5, 5.41) is 0. The van der Waals surface area contributed by atoms with Crippen LogP contribution in [0.4, 0.5) is 0 Å². The molecule has 4 aliphatic heterocycles. The molecule has 4 heterocycles. The van der Waals surface area contributed by atoms with Gasteiger partial charge in [-0.25, -0.2) is 0 Å². The molecule has 0 aliphatic carbocycles. The molecule has 5 atom stereocenters. The topological polar surface area (TPSA) is 175 Å². The van der Waals surface area contributed by atoms with Gasteiger partial charge in [0.2, 0.25) is 0 Å². The van der Waals surface area contributed by atoms with Crippen molar-refractivity contribution >= 4 is 171 Å². The van der Waals surface area contributed by atoms with Crippen LogP contribution in [0, 0.1) is 23.7 Å². The Morgan fingerprint density at radius 3 is 0.430 bits per heavy atom. The normalized spacial score (nSPS) is 27.9. The molecule has 5 unspecified atom stereocenters. The molecular formula is C61H164O19Si20. The van der Waals surface area contributed by atoms with Crippen molar-refractivity contribution in [1.29, 1.82) is 0 Å². The van der Waals surface area contributed by atoms with Crippen LogP contribution in [-0.2, 0) is 78.2 Å². The van der Waals surface area contributed by atoms with Gasteiger partial charge < -0.3 is 78.2 Å². The number of hydrogen-bond donors (Lipinski definition) is 0. The third-order valence-electron chi connectivity index (χ3n) is 16.6. The van der Waals surface area contributed by atoms with E-state index >= 15 is 0 Å². The molecule has 100 heavy (non-hydrogen) atoms. The van der Waals surface area contributed by atoms with Crippen molar-refractivity contribution < 1.29 is 78.2 Å². The molecule has 0 spiro atoms. The van der Waals surface area contributed by atoms with Crippen molar-refractivity contribution in [3.8, 4) is 0 Å². The molecular weight excluding hydrogens is 1600 g/mol. The Labute approximate surface area is 640 Å². The molecule has 0 bridgehead atoms. The smallest absolute Gasteiger partial charge is 0.317 e. The molecule has 4 saturated heterocycles. The first-order valence-electron chi connectivity index (χ1n) is 38.1. The van der Waals surface area contributed by atoms with Gasteiger partial charge in [0, 0.05) is 0 Å². The quantitative estimate of drug-likeness (QED) is 0.133. The summed E-state index contributed by atoms with van der Waals surface area (Å²) in [6, 6.07) is 4.04. The van der Waals surface area contributed by atoms with Crippen LogP contribution in [0.25, 0.3) is 0 Å². The van der Waals surface area contributed by atoms with E-state index in [4.69, 9.17) is 78.2 Å². The van der Waals surface area contributed by atoms with Gasteiger partial charge in [-0.1, -0.05) is 101 Å². The fourth-order valence-corrected chi connectivity index (χ4v) is 123. The molecule has 0 N–H and O–H groups in total. The zero-order chi connectivity index (χ0) is 79.7. The molecule has 0 aromatic heterocycles. The Kier molecular flexibility index (Phi) is 39.5. The third kappa shape index (κ3) is 43.6. The van der Waals surface area contributed by atoms with Crippen molar-refractivity contribution in [2.75, 3.05) is 0 Å². The lowest BCUT2D eigenvalue weighted by Crippen LogP contribution is -2.65. The largest absolute Gasteiger partial charge is 0.456 e. The van der Waals surface area contributed by atoms with Crippen molar-refractivity contribution in [2.24, 2.45) is 23.7 Å². The summed E-state index contributed by atoms with van der Waals surface area (Å²) in [7, 11) is -43.7. The van der Waals surface area contributed by atoms with Crippen LogP contribution >= 0.6 is 0 Å². The lowest BCUT2D eigenvalue weighted by atomic mass is 10.2. The van der Waals surface area contributed by atoms with Crippen LogP contribution in [-0.4, -0.2) is 171 Å². The molecule has 39 heteroatoms. The second kappa shape index (κ2) is 38.1. The molecule has 0 saturated carbocycles.